The van der Waals surface area contributed by atoms with Gasteiger partial charge < -0.3 is 10.5 Å². The van der Waals surface area contributed by atoms with E-state index in [2.05, 4.69) is 18.7 Å². The maximum Gasteiger partial charge on any atom is 0.326 e. The molecular weight excluding hydrogens is 228 g/mol. The number of nitrogens with two attached hydrogens (primary N) is 1. The fourth-order valence-corrected chi connectivity index (χ4v) is 3.29. The van der Waals surface area contributed by atoms with Crippen LogP contribution in [0.15, 0.2) is 0 Å². The summed E-state index contributed by atoms with van der Waals surface area (Å²) in [6.07, 6.45) is 3.77. The standard InChI is InChI=1S/C14H26N2O2/c1-4-18-12(17)14(15)6-5-11(9-14)16-8-7-13(2,3)10-16/h11H,4-10,15H2,1-3H3. The van der Waals surface area contributed by atoms with E-state index >= 15 is 0 Å². The highest BCUT2D eigenvalue weighted by Gasteiger charge is 2.46. The largest absolute Gasteiger partial charge is 0.465 e. The number of carbonyl (C=O) groups excluding carboxylic acids is 1. The number of esters is 1. The molecule has 0 amide bonds. The number of hydrogen-bond donors (Lipinski definition) is 1. The molecule has 2 unspecified atom stereocenters. The van der Waals surface area contributed by atoms with E-state index < -0.39 is 5.54 Å². The van der Waals surface area contributed by atoms with Crippen molar-refractivity contribution in [3.8, 4) is 0 Å². The zero-order valence-electron chi connectivity index (χ0n) is 11.9. The molecule has 1 aliphatic heterocycles. The molecule has 0 aromatic heterocycles. The highest BCUT2D eigenvalue weighted by molar-refractivity contribution is 5.81. The first-order valence-corrected chi connectivity index (χ1v) is 7.06. The van der Waals surface area contributed by atoms with Crippen LogP contribution in [0, 0.1) is 5.41 Å². The molecule has 0 aromatic rings. The number of hydrogen-bond acceptors (Lipinski definition) is 4. The summed E-state index contributed by atoms with van der Waals surface area (Å²) in [5.74, 6) is -0.217. The molecule has 2 aliphatic rings. The highest BCUT2D eigenvalue weighted by atomic mass is 16.5. The summed E-state index contributed by atoms with van der Waals surface area (Å²) in [5, 5.41) is 0. The molecule has 104 valence electrons. The lowest BCUT2D eigenvalue weighted by Crippen LogP contribution is -2.48. The molecule has 4 nitrogen and oxygen atoms in total. The van der Waals surface area contributed by atoms with E-state index in [9.17, 15) is 4.79 Å². The van der Waals surface area contributed by atoms with Crippen molar-refractivity contribution in [1.29, 1.82) is 0 Å². The normalized spacial score (nSPS) is 35.9. The molecule has 0 radical (unpaired) electrons. The minimum atomic E-state index is -0.743. The summed E-state index contributed by atoms with van der Waals surface area (Å²) in [5.41, 5.74) is 5.88. The van der Waals surface area contributed by atoms with Crippen molar-refractivity contribution in [2.75, 3.05) is 19.7 Å². The molecular formula is C14H26N2O2. The Balaban J connectivity index is 1.94. The Hall–Kier alpha value is -0.610. The summed E-state index contributed by atoms with van der Waals surface area (Å²) >= 11 is 0. The van der Waals surface area contributed by atoms with Gasteiger partial charge in [-0.25, -0.2) is 0 Å². The molecule has 0 spiro atoms. The second kappa shape index (κ2) is 4.82. The molecule has 2 atom stereocenters. The maximum atomic E-state index is 11.9. The van der Waals surface area contributed by atoms with Gasteiger partial charge in [-0.2, -0.15) is 0 Å². The Morgan fingerprint density at radius 3 is 2.72 bits per heavy atom. The van der Waals surface area contributed by atoms with Crippen molar-refractivity contribution in [2.24, 2.45) is 11.1 Å². The average molecular weight is 254 g/mol. The molecule has 4 heteroatoms. The van der Waals surface area contributed by atoms with E-state index in [1.807, 2.05) is 6.92 Å². The van der Waals surface area contributed by atoms with Crippen LogP contribution in [0.4, 0.5) is 0 Å². The van der Waals surface area contributed by atoms with Crippen LogP contribution in [0.1, 0.15) is 46.5 Å². The molecule has 2 rings (SSSR count). The average Bonchev–Trinajstić information content (AvgIpc) is 2.83. The number of carbonyl (C=O) groups is 1. The van der Waals surface area contributed by atoms with Gasteiger partial charge in [-0.3, -0.25) is 9.69 Å². The first-order chi connectivity index (χ1) is 8.36. The van der Waals surface area contributed by atoms with E-state index in [4.69, 9.17) is 10.5 Å². The lowest BCUT2D eigenvalue weighted by molar-refractivity contribution is -0.149. The fraction of sp³-hybridized carbons (Fsp3) is 0.929. The second-order valence-electron chi connectivity index (χ2n) is 6.66. The smallest absolute Gasteiger partial charge is 0.326 e. The van der Waals surface area contributed by atoms with Crippen molar-refractivity contribution < 1.29 is 9.53 Å². The molecule has 1 saturated carbocycles. The molecule has 18 heavy (non-hydrogen) atoms. The van der Waals surface area contributed by atoms with Gasteiger partial charge in [0.1, 0.15) is 5.54 Å². The molecule has 2 N–H and O–H groups in total. The lowest BCUT2D eigenvalue weighted by atomic mass is 9.93. The molecule has 1 aliphatic carbocycles. The number of ether oxygens (including phenoxy) is 1. The number of likely N-dealkylation sites (tertiary alicyclic amines) is 1. The third kappa shape index (κ3) is 2.69. The summed E-state index contributed by atoms with van der Waals surface area (Å²) in [7, 11) is 0. The van der Waals surface area contributed by atoms with Gasteiger partial charge in [0, 0.05) is 12.6 Å². The van der Waals surface area contributed by atoms with Gasteiger partial charge >= 0.3 is 5.97 Å². The Labute approximate surface area is 110 Å². The van der Waals surface area contributed by atoms with Gasteiger partial charge in [0.25, 0.3) is 0 Å². The topological polar surface area (TPSA) is 55.6 Å². The van der Waals surface area contributed by atoms with Gasteiger partial charge in [0.2, 0.25) is 0 Å². The Bertz CT molecular complexity index is 330. The maximum absolute atomic E-state index is 11.9. The quantitative estimate of drug-likeness (QED) is 0.776. The predicted molar refractivity (Wildman–Crippen MR) is 71.2 cm³/mol. The van der Waals surface area contributed by atoms with Crippen LogP contribution in [-0.4, -0.2) is 42.1 Å². The van der Waals surface area contributed by atoms with Crippen LogP contribution >= 0.6 is 0 Å². The Morgan fingerprint density at radius 2 is 2.17 bits per heavy atom. The van der Waals surface area contributed by atoms with Crippen LogP contribution in [0.25, 0.3) is 0 Å². The molecule has 2 fully saturated rings. The van der Waals surface area contributed by atoms with Crippen molar-refractivity contribution in [3.63, 3.8) is 0 Å². The van der Waals surface area contributed by atoms with Crippen LogP contribution in [-0.2, 0) is 9.53 Å². The minimum Gasteiger partial charge on any atom is -0.465 e. The van der Waals surface area contributed by atoms with Gasteiger partial charge in [0.15, 0.2) is 0 Å². The van der Waals surface area contributed by atoms with E-state index in [0.717, 1.165) is 32.4 Å². The van der Waals surface area contributed by atoms with Crippen LogP contribution in [0.2, 0.25) is 0 Å². The van der Waals surface area contributed by atoms with E-state index in [0.29, 0.717) is 18.1 Å². The van der Waals surface area contributed by atoms with E-state index in [1.165, 1.54) is 6.42 Å². The van der Waals surface area contributed by atoms with Gasteiger partial charge in [0.05, 0.1) is 6.61 Å². The monoisotopic (exact) mass is 254 g/mol. The summed E-state index contributed by atoms with van der Waals surface area (Å²) < 4.78 is 5.10. The zero-order valence-corrected chi connectivity index (χ0v) is 11.9. The number of rotatable bonds is 3. The van der Waals surface area contributed by atoms with Crippen molar-refractivity contribution in [1.82, 2.24) is 4.90 Å². The molecule has 1 heterocycles. The fourth-order valence-electron chi connectivity index (χ4n) is 3.29. The summed E-state index contributed by atoms with van der Waals surface area (Å²) in [6.45, 7) is 9.12. The lowest BCUT2D eigenvalue weighted by Gasteiger charge is -2.27. The second-order valence-corrected chi connectivity index (χ2v) is 6.66. The summed E-state index contributed by atoms with van der Waals surface area (Å²) in [6, 6.07) is 0.459. The van der Waals surface area contributed by atoms with Crippen molar-refractivity contribution in [3.05, 3.63) is 0 Å². The van der Waals surface area contributed by atoms with Crippen LogP contribution in [0.5, 0.6) is 0 Å². The van der Waals surface area contributed by atoms with E-state index in [-0.39, 0.29) is 5.97 Å². The van der Waals surface area contributed by atoms with Gasteiger partial charge in [-0.15, -0.1) is 0 Å². The third-order valence-corrected chi connectivity index (χ3v) is 4.43. The minimum absolute atomic E-state index is 0.217. The molecule has 1 saturated heterocycles. The van der Waals surface area contributed by atoms with Crippen LogP contribution in [0.3, 0.4) is 0 Å². The van der Waals surface area contributed by atoms with Crippen LogP contribution < -0.4 is 5.73 Å². The Morgan fingerprint density at radius 1 is 1.44 bits per heavy atom. The Kier molecular flexibility index (Phi) is 3.70. The first kappa shape index (κ1) is 13.8. The van der Waals surface area contributed by atoms with Crippen molar-refractivity contribution in [2.45, 2.75) is 58.0 Å². The molecule has 0 bridgehead atoms. The van der Waals surface area contributed by atoms with Gasteiger partial charge in [-0.1, -0.05) is 13.8 Å². The summed E-state index contributed by atoms with van der Waals surface area (Å²) in [4.78, 5) is 14.4. The third-order valence-electron chi connectivity index (χ3n) is 4.43. The predicted octanol–water partition coefficient (Wildman–Crippen LogP) is 1.53. The zero-order chi connectivity index (χ0) is 13.4. The highest BCUT2D eigenvalue weighted by Crippen LogP contribution is 2.37. The molecule has 0 aromatic carbocycles. The van der Waals surface area contributed by atoms with E-state index in [1.54, 1.807) is 0 Å². The SMILES string of the molecule is CCOC(=O)C1(N)CCC(N2CCC(C)(C)C2)C1. The number of nitrogens with zero attached hydrogens (tertiary/aromatic N) is 1. The first-order valence-electron chi connectivity index (χ1n) is 7.06. The van der Waals surface area contributed by atoms with Gasteiger partial charge in [-0.05, 0) is 44.6 Å². The van der Waals surface area contributed by atoms with Crippen molar-refractivity contribution >= 4 is 5.97 Å².